The van der Waals surface area contributed by atoms with Crippen molar-refractivity contribution in [1.82, 2.24) is 10.2 Å². The van der Waals surface area contributed by atoms with Gasteiger partial charge in [0.1, 0.15) is 0 Å². The number of nitrogens with one attached hydrogen (secondary N) is 1. The largest absolute Gasteiger partial charge is 0.416 e. The van der Waals surface area contributed by atoms with Gasteiger partial charge in [0.25, 0.3) is 0 Å². The van der Waals surface area contributed by atoms with Gasteiger partial charge in [-0.15, -0.1) is 0 Å². The number of aliphatic hydroxyl groups is 1. The molecular formula is C16H21F3N2O2. The van der Waals surface area contributed by atoms with E-state index in [1.807, 2.05) is 6.92 Å². The summed E-state index contributed by atoms with van der Waals surface area (Å²) in [4.78, 5) is 13.6. The summed E-state index contributed by atoms with van der Waals surface area (Å²) >= 11 is 0. The molecule has 1 aromatic rings. The molecule has 1 aromatic carbocycles. The zero-order chi connectivity index (χ0) is 17.0. The van der Waals surface area contributed by atoms with Crippen LogP contribution in [-0.4, -0.2) is 41.7 Å². The first kappa shape index (κ1) is 17.7. The van der Waals surface area contributed by atoms with E-state index in [0.717, 1.165) is 18.6 Å². The van der Waals surface area contributed by atoms with Crippen molar-refractivity contribution in [3.63, 3.8) is 0 Å². The number of rotatable bonds is 5. The summed E-state index contributed by atoms with van der Waals surface area (Å²) < 4.78 is 38.6. The summed E-state index contributed by atoms with van der Waals surface area (Å²) in [5.41, 5.74) is -0.244. The standard InChI is InChI=1S/C16H21F3N2O2/c1-2-6-20-15(23)10-21-9-13(22)8-14(21)11-4-3-5-12(7-11)16(17,18)19/h3-5,7,13-14,22H,2,6,8-10H2,1H3,(H,20,23)/t13-,14-/m1/s1. The van der Waals surface area contributed by atoms with E-state index in [9.17, 15) is 23.1 Å². The van der Waals surface area contributed by atoms with Crippen LogP contribution in [0.25, 0.3) is 0 Å². The highest BCUT2D eigenvalue weighted by Crippen LogP contribution is 2.35. The lowest BCUT2D eigenvalue weighted by molar-refractivity contribution is -0.137. The van der Waals surface area contributed by atoms with Crippen molar-refractivity contribution in [2.45, 2.75) is 38.1 Å². The topological polar surface area (TPSA) is 52.6 Å². The molecule has 2 rings (SSSR count). The third kappa shape index (κ3) is 4.68. The SMILES string of the molecule is CCCNC(=O)CN1C[C@H](O)C[C@@H]1c1cccc(C(F)(F)F)c1. The Hall–Kier alpha value is -1.60. The van der Waals surface area contributed by atoms with Crippen LogP contribution in [0, 0.1) is 0 Å². The molecule has 1 amide bonds. The zero-order valence-corrected chi connectivity index (χ0v) is 12.9. The number of hydrogen-bond acceptors (Lipinski definition) is 3. The molecular weight excluding hydrogens is 309 g/mol. The Labute approximate surface area is 133 Å². The van der Waals surface area contributed by atoms with Crippen LogP contribution in [0.3, 0.4) is 0 Å². The molecule has 1 aliphatic rings. The maximum Gasteiger partial charge on any atom is 0.416 e. The molecule has 0 spiro atoms. The number of halogens is 3. The molecule has 0 aromatic heterocycles. The summed E-state index contributed by atoms with van der Waals surface area (Å²) in [6, 6.07) is 4.69. The number of hydrogen-bond donors (Lipinski definition) is 2. The van der Waals surface area contributed by atoms with Gasteiger partial charge in [0.05, 0.1) is 18.2 Å². The Morgan fingerprint density at radius 2 is 2.17 bits per heavy atom. The zero-order valence-electron chi connectivity index (χ0n) is 12.9. The third-order valence-corrected chi connectivity index (χ3v) is 3.90. The smallest absolute Gasteiger partial charge is 0.392 e. The summed E-state index contributed by atoms with van der Waals surface area (Å²) in [6.45, 7) is 2.84. The molecule has 0 aliphatic carbocycles. The number of amides is 1. The number of likely N-dealkylation sites (tertiary alicyclic amines) is 1. The van der Waals surface area contributed by atoms with E-state index < -0.39 is 17.8 Å². The molecule has 23 heavy (non-hydrogen) atoms. The van der Waals surface area contributed by atoms with Gasteiger partial charge in [0.2, 0.25) is 5.91 Å². The minimum atomic E-state index is -4.41. The number of carbonyl (C=O) groups excluding carboxylic acids is 1. The fraction of sp³-hybridized carbons (Fsp3) is 0.562. The molecule has 0 unspecified atom stereocenters. The number of aliphatic hydroxyl groups excluding tert-OH is 1. The van der Waals surface area contributed by atoms with Gasteiger partial charge in [-0.1, -0.05) is 19.1 Å². The maximum absolute atomic E-state index is 12.9. The predicted octanol–water partition coefficient (Wildman–Crippen LogP) is 2.34. The molecule has 128 valence electrons. The average molecular weight is 330 g/mol. The minimum Gasteiger partial charge on any atom is -0.392 e. The maximum atomic E-state index is 12.9. The highest BCUT2D eigenvalue weighted by Gasteiger charge is 2.35. The lowest BCUT2D eigenvalue weighted by Gasteiger charge is -2.24. The highest BCUT2D eigenvalue weighted by atomic mass is 19.4. The first-order chi connectivity index (χ1) is 10.8. The van der Waals surface area contributed by atoms with Gasteiger partial charge in [0, 0.05) is 19.1 Å². The predicted molar refractivity (Wildman–Crippen MR) is 79.7 cm³/mol. The second kappa shape index (κ2) is 7.31. The summed E-state index contributed by atoms with van der Waals surface area (Å²) in [6.07, 6.45) is -3.92. The number of carbonyl (C=O) groups is 1. The number of nitrogens with zero attached hydrogens (tertiary/aromatic N) is 1. The third-order valence-electron chi connectivity index (χ3n) is 3.90. The first-order valence-electron chi connectivity index (χ1n) is 7.67. The Bertz CT molecular complexity index is 548. The van der Waals surface area contributed by atoms with Gasteiger partial charge in [0.15, 0.2) is 0 Å². The average Bonchev–Trinajstić information content (AvgIpc) is 2.85. The number of β-amino-alcohol motifs (C(OH)–C–C–N with tert-alkyl or cyclic N) is 1. The Morgan fingerprint density at radius 1 is 1.43 bits per heavy atom. The van der Waals surface area contributed by atoms with E-state index in [1.54, 1.807) is 11.0 Å². The van der Waals surface area contributed by atoms with Crippen LogP contribution < -0.4 is 5.32 Å². The van der Waals surface area contributed by atoms with E-state index in [1.165, 1.54) is 6.07 Å². The van der Waals surface area contributed by atoms with Gasteiger partial charge in [-0.25, -0.2) is 0 Å². The molecule has 0 bridgehead atoms. The van der Waals surface area contributed by atoms with Crippen LogP contribution in [0.2, 0.25) is 0 Å². The summed E-state index contributed by atoms with van der Waals surface area (Å²) in [7, 11) is 0. The summed E-state index contributed by atoms with van der Waals surface area (Å²) in [5, 5.41) is 12.6. The molecule has 7 heteroatoms. The van der Waals surface area contributed by atoms with Crippen molar-refractivity contribution in [3.05, 3.63) is 35.4 Å². The lowest BCUT2D eigenvalue weighted by atomic mass is 10.0. The second-order valence-electron chi connectivity index (χ2n) is 5.81. The first-order valence-corrected chi connectivity index (χ1v) is 7.67. The fourth-order valence-corrected chi connectivity index (χ4v) is 2.83. The molecule has 0 radical (unpaired) electrons. The number of alkyl halides is 3. The van der Waals surface area contributed by atoms with Gasteiger partial charge in [-0.05, 0) is 30.5 Å². The normalized spacial score (nSPS) is 22.3. The van der Waals surface area contributed by atoms with Crippen LogP contribution in [0.1, 0.15) is 36.9 Å². The Balaban J connectivity index is 2.14. The van der Waals surface area contributed by atoms with E-state index in [-0.39, 0.29) is 25.0 Å². The number of benzene rings is 1. The molecule has 1 fully saturated rings. The molecule has 2 atom stereocenters. The second-order valence-corrected chi connectivity index (χ2v) is 5.81. The molecule has 1 saturated heterocycles. The van der Waals surface area contributed by atoms with Crippen LogP contribution in [0.15, 0.2) is 24.3 Å². The van der Waals surface area contributed by atoms with Crippen molar-refractivity contribution in [2.75, 3.05) is 19.6 Å². The molecule has 0 saturated carbocycles. The fourth-order valence-electron chi connectivity index (χ4n) is 2.83. The lowest BCUT2D eigenvalue weighted by Crippen LogP contribution is -2.37. The van der Waals surface area contributed by atoms with Gasteiger partial charge in [-0.3, -0.25) is 9.69 Å². The van der Waals surface area contributed by atoms with Crippen molar-refractivity contribution in [3.8, 4) is 0 Å². The van der Waals surface area contributed by atoms with Crippen molar-refractivity contribution < 1.29 is 23.1 Å². The molecule has 1 heterocycles. The Kier molecular flexibility index (Phi) is 5.64. The van der Waals surface area contributed by atoms with E-state index >= 15 is 0 Å². The molecule has 2 N–H and O–H groups in total. The highest BCUT2D eigenvalue weighted by molar-refractivity contribution is 5.78. The van der Waals surface area contributed by atoms with E-state index in [0.29, 0.717) is 18.5 Å². The van der Waals surface area contributed by atoms with Crippen LogP contribution >= 0.6 is 0 Å². The van der Waals surface area contributed by atoms with Crippen molar-refractivity contribution in [2.24, 2.45) is 0 Å². The van der Waals surface area contributed by atoms with Crippen molar-refractivity contribution in [1.29, 1.82) is 0 Å². The van der Waals surface area contributed by atoms with Crippen LogP contribution in [0.5, 0.6) is 0 Å². The van der Waals surface area contributed by atoms with E-state index in [4.69, 9.17) is 0 Å². The minimum absolute atomic E-state index is 0.0674. The Morgan fingerprint density at radius 3 is 2.83 bits per heavy atom. The van der Waals surface area contributed by atoms with Gasteiger partial charge >= 0.3 is 6.18 Å². The molecule has 4 nitrogen and oxygen atoms in total. The van der Waals surface area contributed by atoms with Crippen molar-refractivity contribution >= 4 is 5.91 Å². The quantitative estimate of drug-likeness (QED) is 0.871. The monoisotopic (exact) mass is 330 g/mol. The van der Waals surface area contributed by atoms with Gasteiger partial charge in [-0.2, -0.15) is 13.2 Å². The van der Waals surface area contributed by atoms with E-state index in [2.05, 4.69) is 5.32 Å². The van der Waals surface area contributed by atoms with Gasteiger partial charge < -0.3 is 10.4 Å². The molecule has 1 aliphatic heterocycles. The van der Waals surface area contributed by atoms with Crippen LogP contribution in [-0.2, 0) is 11.0 Å². The van der Waals surface area contributed by atoms with Crippen LogP contribution in [0.4, 0.5) is 13.2 Å². The summed E-state index contributed by atoms with van der Waals surface area (Å²) in [5.74, 6) is -0.182.